The third-order valence-corrected chi connectivity index (χ3v) is 4.62. The zero-order chi connectivity index (χ0) is 18.6. The van der Waals surface area contributed by atoms with E-state index >= 15 is 0 Å². The van der Waals surface area contributed by atoms with Gasteiger partial charge in [-0.3, -0.25) is 15.0 Å². The highest BCUT2D eigenvalue weighted by Crippen LogP contribution is 2.46. The van der Waals surface area contributed by atoms with Crippen molar-refractivity contribution in [3.8, 4) is 5.75 Å². The molecule has 26 heavy (non-hydrogen) atoms. The average Bonchev–Trinajstić information content (AvgIpc) is 2.55. The first kappa shape index (κ1) is 16.2. The molecule has 0 saturated carbocycles. The molecule has 2 aliphatic heterocycles. The molecule has 2 atom stereocenters. The van der Waals surface area contributed by atoms with Gasteiger partial charge in [0, 0.05) is 30.2 Å². The predicted molar refractivity (Wildman–Crippen MR) is 86.9 cm³/mol. The van der Waals surface area contributed by atoms with E-state index in [0.29, 0.717) is 17.4 Å². The Balaban J connectivity index is 1.79. The fourth-order valence-corrected chi connectivity index (χ4v) is 3.50. The lowest BCUT2D eigenvalue weighted by molar-refractivity contribution is -0.385. The number of nitrogens with zero attached hydrogens (tertiary/aromatic N) is 2. The molecule has 7 nitrogen and oxygen atoms in total. The minimum absolute atomic E-state index is 0.114. The molecule has 9 heteroatoms. The molecule has 2 aliphatic rings. The molecule has 2 heterocycles. The van der Waals surface area contributed by atoms with Gasteiger partial charge >= 0.3 is 6.03 Å². The fourth-order valence-electron chi connectivity index (χ4n) is 3.50. The number of halogens is 2. The van der Waals surface area contributed by atoms with Gasteiger partial charge in [-0.2, -0.15) is 0 Å². The van der Waals surface area contributed by atoms with Crippen molar-refractivity contribution in [2.45, 2.75) is 25.1 Å². The largest absolute Gasteiger partial charge is 0.467 e. The number of rotatable bonds is 2. The number of carbonyl (C=O) groups is 1. The number of amides is 2. The van der Waals surface area contributed by atoms with Crippen LogP contribution in [0.15, 0.2) is 36.4 Å². The number of fused-ring (bicyclic) bond motifs is 4. The summed E-state index contributed by atoms with van der Waals surface area (Å²) in [6.07, 6.45) is 0.240. The highest BCUT2D eigenvalue weighted by molar-refractivity contribution is 5.95. The Labute approximate surface area is 146 Å². The first-order valence-electron chi connectivity index (χ1n) is 7.82. The Bertz CT molecular complexity index is 952. The molecular formula is C17H13F2N3O4. The van der Waals surface area contributed by atoms with E-state index < -0.39 is 34.4 Å². The molecule has 1 fully saturated rings. The first-order valence-corrected chi connectivity index (χ1v) is 7.82. The summed E-state index contributed by atoms with van der Waals surface area (Å²) >= 11 is 0. The second-order valence-electron chi connectivity index (χ2n) is 6.39. The summed E-state index contributed by atoms with van der Waals surface area (Å²) in [7, 11) is 0. The molecule has 0 spiro atoms. The molecule has 0 radical (unpaired) electrons. The molecule has 0 aliphatic carbocycles. The third-order valence-electron chi connectivity index (χ3n) is 4.62. The van der Waals surface area contributed by atoms with Crippen molar-refractivity contribution >= 4 is 17.4 Å². The van der Waals surface area contributed by atoms with Crippen molar-refractivity contribution in [2.24, 2.45) is 0 Å². The van der Waals surface area contributed by atoms with Crippen molar-refractivity contribution in [1.82, 2.24) is 5.32 Å². The van der Waals surface area contributed by atoms with Crippen LogP contribution >= 0.6 is 0 Å². The Morgan fingerprint density at radius 2 is 2.08 bits per heavy atom. The monoisotopic (exact) mass is 361 g/mol. The van der Waals surface area contributed by atoms with Crippen LogP contribution in [0.1, 0.15) is 24.9 Å². The van der Waals surface area contributed by atoms with Gasteiger partial charge in [-0.25, -0.2) is 13.6 Å². The lowest BCUT2D eigenvalue weighted by atomic mass is 9.90. The Morgan fingerprint density at radius 1 is 1.31 bits per heavy atom. The lowest BCUT2D eigenvalue weighted by Crippen LogP contribution is -2.65. The van der Waals surface area contributed by atoms with Gasteiger partial charge in [0.2, 0.25) is 0 Å². The zero-order valence-electron chi connectivity index (χ0n) is 13.5. The van der Waals surface area contributed by atoms with Crippen molar-refractivity contribution in [3.05, 3.63) is 63.7 Å². The minimum atomic E-state index is -1.23. The molecule has 4 rings (SSSR count). The van der Waals surface area contributed by atoms with E-state index in [1.807, 2.05) is 0 Å². The summed E-state index contributed by atoms with van der Waals surface area (Å²) in [6, 6.07) is 5.88. The Kier molecular flexibility index (Phi) is 3.36. The number of hydrogen-bond acceptors (Lipinski definition) is 4. The van der Waals surface area contributed by atoms with Crippen LogP contribution in [0.2, 0.25) is 0 Å². The van der Waals surface area contributed by atoms with Crippen LogP contribution in [0.25, 0.3) is 0 Å². The maximum atomic E-state index is 14.2. The van der Waals surface area contributed by atoms with Gasteiger partial charge in [-0.05, 0) is 25.1 Å². The molecule has 2 amide bonds. The third kappa shape index (κ3) is 2.35. The van der Waals surface area contributed by atoms with Crippen molar-refractivity contribution in [3.63, 3.8) is 0 Å². The Morgan fingerprint density at radius 3 is 2.77 bits per heavy atom. The molecule has 134 valence electrons. The van der Waals surface area contributed by atoms with E-state index in [2.05, 4.69) is 5.32 Å². The van der Waals surface area contributed by atoms with Gasteiger partial charge in [0.05, 0.1) is 16.7 Å². The molecule has 2 aromatic rings. The summed E-state index contributed by atoms with van der Waals surface area (Å²) < 4.78 is 33.4. The number of nitro groups is 1. The number of urea groups is 1. The van der Waals surface area contributed by atoms with Crippen LogP contribution in [0, 0.1) is 21.7 Å². The van der Waals surface area contributed by atoms with Crippen LogP contribution < -0.4 is 15.0 Å². The zero-order valence-corrected chi connectivity index (χ0v) is 13.5. The molecule has 2 aromatic carbocycles. The highest BCUT2D eigenvalue weighted by atomic mass is 19.1. The van der Waals surface area contributed by atoms with Crippen LogP contribution in [0.3, 0.4) is 0 Å². The molecule has 0 aromatic heterocycles. The number of nitro benzene ring substituents is 1. The predicted octanol–water partition coefficient (Wildman–Crippen LogP) is 3.64. The van der Waals surface area contributed by atoms with Crippen molar-refractivity contribution in [1.29, 1.82) is 0 Å². The number of anilines is 1. The molecular weight excluding hydrogens is 348 g/mol. The van der Waals surface area contributed by atoms with Gasteiger partial charge in [0.1, 0.15) is 17.4 Å². The van der Waals surface area contributed by atoms with E-state index in [-0.39, 0.29) is 17.8 Å². The standard InChI is InChI=1S/C17H13F2N3O4/c1-17-8-13(11-7-10(22(24)25)3-5-15(11)26-17)20-16(23)21(17)14-4-2-9(18)6-12(14)19/h2-7,13H,8H2,1H3,(H,20,23). The topological polar surface area (TPSA) is 84.7 Å². The van der Waals surface area contributed by atoms with Gasteiger partial charge in [-0.15, -0.1) is 0 Å². The molecule has 1 saturated heterocycles. The number of nitrogens with one attached hydrogen (secondary N) is 1. The molecule has 2 bridgehead atoms. The van der Waals surface area contributed by atoms with E-state index in [1.165, 1.54) is 24.3 Å². The average molecular weight is 361 g/mol. The van der Waals surface area contributed by atoms with Crippen LogP contribution in [0.4, 0.5) is 25.0 Å². The minimum Gasteiger partial charge on any atom is -0.467 e. The van der Waals surface area contributed by atoms with Gasteiger partial charge in [0.15, 0.2) is 5.72 Å². The van der Waals surface area contributed by atoms with Gasteiger partial charge in [0.25, 0.3) is 5.69 Å². The van der Waals surface area contributed by atoms with Gasteiger partial charge in [-0.1, -0.05) is 0 Å². The Hall–Kier alpha value is -3.23. The van der Waals surface area contributed by atoms with Gasteiger partial charge < -0.3 is 10.1 Å². The summed E-state index contributed by atoms with van der Waals surface area (Å²) in [5, 5.41) is 13.7. The normalized spacial score (nSPS) is 23.7. The van der Waals surface area contributed by atoms with E-state index in [1.54, 1.807) is 6.92 Å². The number of benzene rings is 2. The van der Waals surface area contributed by atoms with E-state index in [4.69, 9.17) is 4.74 Å². The number of hydrogen-bond donors (Lipinski definition) is 1. The number of non-ortho nitro benzene ring substituents is 1. The van der Waals surface area contributed by atoms with Crippen molar-refractivity contribution in [2.75, 3.05) is 4.90 Å². The summed E-state index contributed by atoms with van der Waals surface area (Å²) in [4.78, 5) is 24.2. The summed E-state index contributed by atoms with van der Waals surface area (Å²) in [5.41, 5.74) is -0.967. The maximum Gasteiger partial charge on any atom is 0.325 e. The van der Waals surface area contributed by atoms with Crippen LogP contribution in [0.5, 0.6) is 5.75 Å². The summed E-state index contributed by atoms with van der Waals surface area (Å²) in [5.74, 6) is -1.28. The maximum absolute atomic E-state index is 14.2. The molecule has 1 N–H and O–H groups in total. The lowest BCUT2D eigenvalue weighted by Gasteiger charge is -2.50. The summed E-state index contributed by atoms with van der Waals surface area (Å²) in [6.45, 7) is 1.62. The fraction of sp³-hybridized carbons (Fsp3) is 0.235. The first-order chi connectivity index (χ1) is 12.3. The number of carbonyl (C=O) groups excluding carboxylic acids is 1. The van der Waals surface area contributed by atoms with Crippen LogP contribution in [-0.2, 0) is 0 Å². The van der Waals surface area contributed by atoms with E-state index in [9.17, 15) is 23.7 Å². The second-order valence-corrected chi connectivity index (χ2v) is 6.39. The van der Waals surface area contributed by atoms with E-state index in [0.717, 1.165) is 11.0 Å². The van der Waals surface area contributed by atoms with Crippen LogP contribution in [-0.4, -0.2) is 16.7 Å². The highest BCUT2D eigenvalue weighted by Gasteiger charge is 2.50. The number of ether oxygens (including phenoxy) is 1. The van der Waals surface area contributed by atoms with Crippen molar-refractivity contribution < 1.29 is 23.2 Å². The smallest absolute Gasteiger partial charge is 0.325 e. The quantitative estimate of drug-likeness (QED) is 0.654. The second kappa shape index (κ2) is 5.38. The SMILES string of the molecule is CC12CC(NC(=O)N1c1ccc(F)cc1F)c1cc([N+](=O)[O-])ccc1O2. The molecule has 2 unspecified atom stereocenters.